The van der Waals surface area contributed by atoms with Crippen LogP contribution in [0.4, 0.5) is 13.2 Å². The Kier molecular flexibility index (Phi) is 6.28. The molecule has 1 N–H and O–H groups in total. The van der Waals surface area contributed by atoms with Gasteiger partial charge in [-0.1, -0.05) is 25.4 Å². The smallest absolute Gasteiger partial charge is 0.441 e. The number of carbonyl (C=O) groups excluding carboxylic acids is 3. The summed E-state index contributed by atoms with van der Waals surface area (Å²) in [5.41, 5.74) is 1.09. The van der Waals surface area contributed by atoms with Crippen molar-refractivity contribution in [3.63, 3.8) is 0 Å². The maximum atomic E-state index is 13.4. The third-order valence-corrected chi connectivity index (χ3v) is 9.86. The topological polar surface area (TPSA) is 115 Å². The number of imide groups is 1. The van der Waals surface area contributed by atoms with Crippen molar-refractivity contribution in [2.24, 2.45) is 11.3 Å². The second-order valence-electron chi connectivity index (χ2n) is 12.8. The summed E-state index contributed by atoms with van der Waals surface area (Å²) in [7, 11) is 0. The molecule has 2 amide bonds. The maximum Gasteiger partial charge on any atom is 0.490 e. The van der Waals surface area contributed by atoms with Crippen molar-refractivity contribution in [2.45, 2.75) is 70.0 Å². The number of halogens is 4. The molecule has 2 aliphatic carbocycles. The van der Waals surface area contributed by atoms with Crippen molar-refractivity contribution in [3.8, 4) is 11.3 Å². The fourth-order valence-electron chi connectivity index (χ4n) is 6.91. The summed E-state index contributed by atoms with van der Waals surface area (Å²) >= 11 is 6.50. The zero-order chi connectivity index (χ0) is 31.4. The summed E-state index contributed by atoms with van der Waals surface area (Å²) in [5.74, 6) is -5.37. The lowest BCUT2D eigenvalue weighted by molar-refractivity contribution is -0.209. The number of amides is 2. The Hall–Kier alpha value is -3.55. The molecule has 14 heteroatoms. The standard InChI is InChI=1S/C30H29ClF3N5O5/c1-15-6-17(31)8-20(19(15)9-18-10-36-28(4-5-28)13-43-18)22-21-7-16(12-39(21)37-14-35-22)11-38-24(40)23-27(2,3)29(23,25(38)41)44-26(42)30(32,33)34/h6-8,12,14,18,23,36H,4-5,9-11,13H2,1-3H3. The Morgan fingerprint density at radius 3 is 2.64 bits per heavy atom. The lowest BCUT2D eigenvalue weighted by atomic mass is 9.93. The van der Waals surface area contributed by atoms with Gasteiger partial charge in [0.1, 0.15) is 6.33 Å². The zero-order valence-electron chi connectivity index (χ0n) is 24.1. The summed E-state index contributed by atoms with van der Waals surface area (Å²) in [4.78, 5) is 43.8. The molecule has 2 aromatic heterocycles. The highest BCUT2D eigenvalue weighted by Gasteiger charge is 2.88. The summed E-state index contributed by atoms with van der Waals surface area (Å²) in [6.45, 7) is 6.00. The molecule has 3 aromatic rings. The van der Waals surface area contributed by atoms with Gasteiger partial charge >= 0.3 is 12.1 Å². The minimum Gasteiger partial charge on any atom is -0.441 e. The van der Waals surface area contributed by atoms with Gasteiger partial charge in [0.15, 0.2) is 0 Å². The number of esters is 1. The van der Waals surface area contributed by atoms with Crippen LogP contribution in [0.25, 0.3) is 16.8 Å². The highest BCUT2D eigenvalue weighted by atomic mass is 35.5. The Balaban J connectivity index is 1.18. The minimum absolute atomic E-state index is 0.0401. The monoisotopic (exact) mass is 631 g/mol. The number of alkyl halides is 3. The number of ether oxygens (including phenoxy) is 2. The van der Waals surface area contributed by atoms with Gasteiger partial charge in [0.2, 0.25) is 11.5 Å². The van der Waals surface area contributed by atoms with Crippen LogP contribution in [0.5, 0.6) is 0 Å². The number of piperidine rings is 1. The van der Waals surface area contributed by atoms with E-state index in [0.29, 0.717) is 34.8 Å². The van der Waals surface area contributed by atoms with Crippen molar-refractivity contribution in [1.29, 1.82) is 0 Å². The zero-order valence-corrected chi connectivity index (χ0v) is 24.9. The molecule has 44 heavy (non-hydrogen) atoms. The van der Waals surface area contributed by atoms with Gasteiger partial charge in [-0.2, -0.15) is 18.3 Å². The van der Waals surface area contributed by atoms with Gasteiger partial charge < -0.3 is 14.8 Å². The Bertz CT molecular complexity index is 1740. The van der Waals surface area contributed by atoms with E-state index in [1.165, 1.54) is 20.2 Å². The van der Waals surface area contributed by atoms with Crippen molar-refractivity contribution in [3.05, 3.63) is 52.4 Å². The van der Waals surface area contributed by atoms with E-state index in [1.807, 2.05) is 19.1 Å². The first-order valence-corrected chi connectivity index (χ1v) is 14.7. The molecule has 2 saturated heterocycles. The highest BCUT2D eigenvalue weighted by molar-refractivity contribution is 6.31. The number of hydrogen-bond donors (Lipinski definition) is 1. The maximum absolute atomic E-state index is 13.4. The number of likely N-dealkylation sites (tertiary alicyclic amines) is 1. The number of benzene rings is 1. The van der Waals surface area contributed by atoms with Crippen LogP contribution >= 0.6 is 11.6 Å². The second kappa shape index (κ2) is 9.48. The number of aromatic nitrogens is 3. The average molecular weight is 632 g/mol. The molecule has 232 valence electrons. The highest BCUT2D eigenvalue weighted by Crippen LogP contribution is 2.69. The molecule has 7 rings (SSSR count). The van der Waals surface area contributed by atoms with E-state index >= 15 is 0 Å². The molecule has 4 fully saturated rings. The number of morpholine rings is 1. The molecule has 4 heterocycles. The third-order valence-electron chi connectivity index (χ3n) is 9.64. The number of aryl methyl sites for hydroxylation is 1. The summed E-state index contributed by atoms with van der Waals surface area (Å²) in [5, 5.41) is 8.43. The largest absolute Gasteiger partial charge is 0.490 e. The minimum atomic E-state index is -5.31. The van der Waals surface area contributed by atoms with E-state index in [9.17, 15) is 27.6 Å². The van der Waals surface area contributed by atoms with Crippen molar-refractivity contribution in [2.75, 3.05) is 13.2 Å². The van der Waals surface area contributed by atoms with Crippen LogP contribution in [0, 0.1) is 18.3 Å². The van der Waals surface area contributed by atoms with E-state index in [2.05, 4.69) is 15.4 Å². The van der Waals surface area contributed by atoms with Crippen LogP contribution in [0.2, 0.25) is 5.02 Å². The Morgan fingerprint density at radius 1 is 1.23 bits per heavy atom. The molecule has 10 nitrogen and oxygen atoms in total. The van der Waals surface area contributed by atoms with Gasteiger partial charge in [-0.3, -0.25) is 14.5 Å². The normalized spacial score (nSPS) is 26.8. The van der Waals surface area contributed by atoms with E-state index in [4.69, 9.17) is 21.1 Å². The first-order chi connectivity index (χ1) is 20.7. The van der Waals surface area contributed by atoms with Gasteiger partial charge in [-0.25, -0.2) is 14.3 Å². The van der Waals surface area contributed by atoms with Crippen LogP contribution in [-0.4, -0.2) is 73.9 Å². The molecule has 0 bridgehead atoms. The lowest BCUT2D eigenvalue weighted by Crippen LogP contribution is -2.48. The third kappa shape index (κ3) is 4.34. The first kappa shape index (κ1) is 29.2. The quantitative estimate of drug-likeness (QED) is 0.323. The number of nitrogens with one attached hydrogen (secondary N) is 1. The van der Waals surface area contributed by atoms with E-state index in [-0.39, 0.29) is 18.2 Å². The summed E-state index contributed by atoms with van der Waals surface area (Å²) in [6.07, 6.45) is 0.516. The number of hydrogen-bond acceptors (Lipinski definition) is 8. The molecule has 0 radical (unpaired) electrons. The predicted octanol–water partition coefficient (Wildman–Crippen LogP) is 3.79. The van der Waals surface area contributed by atoms with E-state index < -0.39 is 40.9 Å². The molecular formula is C30H29ClF3N5O5. The van der Waals surface area contributed by atoms with Gasteiger partial charge in [0, 0.05) is 40.7 Å². The average Bonchev–Trinajstić information content (AvgIpc) is 3.70. The van der Waals surface area contributed by atoms with Gasteiger partial charge in [-0.15, -0.1) is 0 Å². The SMILES string of the molecule is Cc1cc(Cl)cc(-c2ncnn3cc(CN4C(=O)C5C(C)(C)C5(OC(=O)C(F)(F)F)C4=O)cc23)c1CC1CNC2(CC2)CO1. The van der Waals surface area contributed by atoms with Crippen molar-refractivity contribution < 1.29 is 37.0 Å². The molecule has 4 aliphatic rings. The Morgan fingerprint density at radius 2 is 1.98 bits per heavy atom. The van der Waals surface area contributed by atoms with Gasteiger partial charge in [0.25, 0.3) is 5.91 Å². The van der Waals surface area contributed by atoms with Crippen LogP contribution in [0.15, 0.2) is 30.7 Å². The first-order valence-electron chi connectivity index (χ1n) is 14.3. The van der Waals surface area contributed by atoms with Crippen LogP contribution in [0.3, 0.4) is 0 Å². The van der Waals surface area contributed by atoms with Crippen molar-refractivity contribution >= 4 is 34.9 Å². The fraction of sp³-hybridized carbons (Fsp3) is 0.500. The summed E-state index contributed by atoms with van der Waals surface area (Å²) < 4.78 is 51.6. The number of carbonyl (C=O) groups is 3. The van der Waals surface area contributed by atoms with Gasteiger partial charge in [0.05, 0.1) is 36.4 Å². The summed E-state index contributed by atoms with van der Waals surface area (Å²) in [6, 6.07) is 5.44. The lowest BCUT2D eigenvalue weighted by Gasteiger charge is -2.31. The van der Waals surface area contributed by atoms with Crippen LogP contribution < -0.4 is 5.32 Å². The molecule has 3 atom stereocenters. The van der Waals surface area contributed by atoms with Crippen LogP contribution in [0.1, 0.15) is 43.4 Å². The number of rotatable bonds is 6. The second-order valence-corrected chi connectivity index (χ2v) is 13.3. The van der Waals surface area contributed by atoms with Gasteiger partial charge in [-0.05, 0) is 54.7 Å². The van der Waals surface area contributed by atoms with Crippen molar-refractivity contribution in [1.82, 2.24) is 24.8 Å². The Labute approximate surface area is 254 Å². The van der Waals surface area contributed by atoms with E-state index in [1.54, 1.807) is 16.8 Å². The number of fused-ring (bicyclic) bond motifs is 2. The molecule has 3 unspecified atom stereocenters. The van der Waals surface area contributed by atoms with E-state index in [0.717, 1.165) is 41.0 Å². The fourth-order valence-corrected chi connectivity index (χ4v) is 7.19. The number of nitrogens with zero attached hydrogens (tertiary/aromatic N) is 4. The molecule has 2 aliphatic heterocycles. The molecule has 1 spiro atoms. The predicted molar refractivity (Wildman–Crippen MR) is 149 cm³/mol. The molecule has 2 saturated carbocycles. The molecule has 1 aromatic carbocycles. The molecular weight excluding hydrogens is 603 g/mol. The van der Waals surface area contributed by atoms with Crippen LogP contribution in [-0.2, 0) is 36.8 Å².